The second-order valence-corrected chi connectivity index (χ2v) is 6.65. The minimum Gasteiger partial charge on any atom is -0.495 e. The standard InChI is InChI=1S/C18H22ClNO/c1-18(2,3)14-8-5-12(6-9-14)17(20)13-7-10-16(21-4)15(19)11-13/h5-11,17H,20H2,1-4H3. The second-order valence-electron chi connectivity index (χ2n) is 6.24. The first-order valence-electron chi connectivity index (χ1n) is 7.02. The SMILES string of the molecule is COc1ccc(C(N)c2ccc(C(C)(C)C)cc2)cc1Cl. The summed E-state index contributed by atoms with van der Waals surface area (Å²) in [5.74, 6) is 0.663. The third kappa shape index (κ3) is 3.58. The van der Waals surface area contributed by atoms with Gasteiger partial charge in [-0.25, -0.2) is 0 Å². The van der Waals surface area contributed by atoms with E-state index in [9.17, 15) is 0 Å². The summed E-state index contributed by atoms with van der Waals surface area (Å²) in [5, 5.41) is 0.580. The minimum absolute atomic E-state index is 0.145. The minimum atomic E-state index is -0.192. The quantitative estimate of drug-likeness (QED) is 0.892. The summed E-state index contributed by atoms with van der Waals surface area (Å²) in [6.07, 6.45) is 0. The van der Waals surface area contributed by atoms with Gasteiger partial charge in [-0.3, -0.25) is 0 Å². The van der Waals surface area contributed by atoms with Crippen molar-refractivity contribution in [1.29, 1.82) is 0 Å². The smallest absolute Gasteiger partial charge is 0.137 e. The highest BCUT2D eigenvalue weighted by Gasteiger charge is 2.15. The maximum Gasteiger partial charge on any atom is 0.137 e. The van der Waals surface area contributed by atoms with Crippen molar-refractivity contribution < 1.29 is 4.74 Å². The molecule has 0 aromatic heterocycles. The predicted molar refractivity (Wildman–Crippen MR) is 89.2 cm³/mol. The number of hydrogen-bond acceptors (Lipinski definition) is 2. The summed E-state index contributed by atoms with van der Waals surface area (Å²) in [5.41, 5.74) is 9.83. The van der Waals surface area contributed by atoms with E-state index in [0.29, 0.717) is 10.8 Å². The summed E-state index contributed by atoms with van der Waals surface area (Å²) in [6, 6.07) is 13.9. The second kappa shape index (κ2) is 6.08. The Morgan fingerprint density at radius 3 is 2.05 bits per heavy atom. The van der Waals surface area contributed by atoms with E-state index in [-0.39, 0.29) is 11.5 Å². The zero-order chi connectivity index (χ0) is 15.6. The van der Waals surface area contributed by atoms with Crippen LogP contribution >= 0.6 is 11.6 Å². The fourth-order valence-electron chi connectivity index (χ4n) is 2.26. The number of methoxy groups -OCH3 is 1. The van der Waals surface area contributed by atoms with Gasteiger partial charge in [0.2, 0.25) is 0 Å². The van der Waals surface area contributed by atoms with Gasteiger partial charge < -0.3 is 10.5 Å². The van der Waals surface area contributed by atoms with Gasteiger partial charge >= 0.3 is 0 Å². The van der Waals surface area contributed by atoms with Crippen molar-refractivity contribution in [2.45, 2.75) is 32.2 Å². The van der Waals surface area contributed by atoms with Gasteiger partial charge in [0.25, 0.3) is 0 Å². The lowest BCUT2D eigenvalue weighted by Crippen LogP contribution is -2.14. The summed E-state index contributed by atoms with van der Waals surface area (Å²) < 4.78 is 5.17. The van der Waals surface area contributed by atoms with Gasteiger partial charge in [0.05, 0.1) is 18.2 Å². The molecule has 0 heterocycles. The summed E-state index contributed by atoms with van der Waals surface area (Å²) >= 11 is 6.17. The predicted octanol–water partition coefficient (Wildman–Crippen LogP) is 4.69. The number of benzene rings is 2. The Kier molecular flexibility index (Phi) is 4.60. The normalized spacial score (nSPS) is 13.0. The molecule has 0 aliphatic carbocycles. The molecule has 3 heteroatoms. The molecule has 0 radical (unpaired) electrons. The van der Waals surface area contributed by atoms with Gasteiger partial charge in [-0.1, -0.05) is 62.7 Å². The van der Waals surface area contributed by atoms with Gasteiger partial charge in [-0.2, -0.15) is 0 Å². The Labute approximate surface area is 131 Å². The topological polar surface area (TPSA) is 35.2 Å². The number of nitrogens with two attached hydrogens (primary N) is 1. The molecular weight excluding hydrogens is 282 g/mol. The van der Waals surface area contributed by atoms with Crippen LogP contribution in [0.2, 0.25) is 5.02 Å². The molecule has 0 saturated heterocycles. The van der Waals surface area contributed by atoms with Gasteiger partial charge in [0.1, 0.15) is 5.75 Å². The average Bonchev–Trinajstić information content (AvgIpc) is 2.45. The molecule has 0 aliphatic rings. The lowest BCUT2D eigenvalue weighted by molar-refractivity contribution is 0.415. The van der Waals surface area contributed by atoms with Crippen molar-refractivity contribution in [3.8, 4) is 5.75 Å². The van der Waals surface area contributed by atoms with Crippen LogP contribution in [-0.4, -0.2) is 7.11 Å². The molecule has 21 heavy (non-hydrogen) atoms. The average molecular weight is 304 g/mol. The molecule has 0 saturated carbocycles. The third-order valence-corrected chi connectivity index (χ3v) is 3.97. The maximum atomic E-state index is 6.34. The molecule has 0 amide bonds. The van der Waals surface area contributed by atoms with E-state index >= 15 is 0 Å². The molecule has 0 spiro atoms. The molecule has 0 bridgehead atoms. The molecule has 2 aromatic rings. The van der Waals surface area contributed by atoms with E-state index in [2.05, 4.69) is 45.0 Å². The van der Waals surface area contributed by atoms with Crippen LogP contribution < -0.4 is 10.5 Å². The van der Waals surface area contributed by atoms with E-state index in [4.69, 9.17) is 22.1 Å². The molecule has 112 valence electrons. The lowest BCUT2D eigenvalue weighted by Gasteiger charge is -2.20. The van der Waals surface area contributed by atoms with Crippen LogP contribution in [0.4, 0.5) is 0 Å². The van der Waals surface area contributed by atoms with Crippen LogP contribution in [0.5, 0.6) is 5.75 Å². The number of hydrogen-bond donors (Lipinski definition) is 1. The van der Waals surface area contributed by atoms with Crippen LogP contribution in [0, 0.1) is 0 Å². The zero-order valence-electron chi connectivity index (χ0n) is 13.0. The number of ether oxygens (including phenoxy) is 1. The van der Waals surface area contributed by atoms with Crippen molar-refractivity contribution in [2.24, 2.45) is 5.73 Å². The number of rotatable bonds is 3. The van der Waals surface area contributed by atoms with E-state index in [1.807, 2.05) is 18.2 Å². The Balaban J connectivity index is 2.27. The van der Waals surface area contributed by atoms with Crippen LogP contribution in [0.25, 0.3) is 0 Å². The first-order chi connectivity index (χ1) is 9.82. The van der Waals surface area contributed by atoms with E-state index in [1.165, 1.54) is 5.56 Å². The highest BCUT2D eigenvalue weighted by Crippen LogP contribution is 2.30. The summed E-state index contributed by atoms with van der Waals surface area (Å²) in [4.78, 5) is 0. The van der Waals surface area contributed by atoms with Crippen LogP contribution in [0.15, 0.2) is 42.5 Å². The molecule has 2 rings (SSSR count). The summed E-state index contributed by atoms with van der Waals surface area (Å²) in [7, 11) is 1.60. The van der Waals surface area contributed by atoms with E-state index in [0.717, 1.165) is 11.1 Å². The van der Waals surface area contributed by atoms with Crippen LogP contribution in [-0.2, 0) is 5.41 Å². The van der Waals surface area contributed by atoms with E-state index in [1.54, 1.807) is 7.11 Å². The fraction of sp³-hybridized carbons (Fsp3) is 0.333. The number of halogens is 1. The van der Waals surface area contributed by atoms with Crippen molar-refractivity contribution >= 4 is 11.6 Å². The Bertz CT molecular complexity index is 614. The van der Waals surface area contributed by atoms with Crippen molar-refractivity contribution in [3.63, 3.8) is 0 Å². The van der Waals surface area contributed by atoms with E-state index < -0.39 is 0 Å². The molecule has 0 aliphatic heterocycles. The van der Waals surface area contributed by atoms with Gasteiger partial charge in [-0.15, -0.1) is 0 Å². The molecule has 2 N–H and O–H groups in total. The molecule has 1 unspecified atom stereocenters. The van der Waals surface area contributed by atoms with Crippen molar-refractivity contribution in [3.05, 3.63) is 64.2 Å². The van der Waals surface area contributed by atoms with Crippen molar-refractivity contribution in [2.75, 3.05) is 7.11 Å². The Hall–Kier alpha value is -1.51. The monoisotopic (exact) mass is 303 g/mol. The lowest BCUT2D eigenvalue weighted by atomic mass is 9.86. The van der Waals surface area contributed by atoms with Crippen molar-refractivity contribution in [1.82, 2.24) is 0 Å². The van der Waals surface area contributed by atoms with Crippen LogP contribution in [0.1, 0.15) is 43.5 Å². The van der Waals surface area contributed by atoms with Crippen LogP contribution in [0.3, 0.4) is 0 Å². The fourth-order valence-corrected chi connectivity index (χ4v) is 2.53. The van der Waals surface area contributed by atoms with Gasteiger partial charge in [0, 0.05) is 0 Å². The van der Waals surface area contributed by atoms with Gasteiger partial charge in [-0.05, 0) is 34.2 Å². The maximum absolute atomic E-state index is 6.34. The highest BCUT2D eigenvalue weighted by molar-refractivity contribution is 6.32. The first kappa shape index (κ1) is 15.9. The molecule has 2 nitrogen and oxygen atoms in total. The molecule has 0 fully saturated rings. The first-order valence-corrected chi connectivity index (χ1v) is 7.40. The zero-order valence-corrected chi connectivity index (χ0v) is 13.7. The third-order valence-electron chi connectivity index (χ3n) is 3.67. The molecule has 2 aromatic carbocycles. The highest BCUT2D eigenvalue weighted by atomic mass is 35.5. The van der Waals surface area contributed by atoms with Gasteiger partial charge in [0.15, 0.2) is 0 Å². The largest absolute Gasteiger partial charge is 0.495 e. The Morgan fingerprint density at radius 2 is 1.57 bits per heavy atom. The molecule has 1 atom stereocenters. The Morgan fingerprint density at radius 1 is 1.00 bits per heavy atom. The molecular formula is C18H22ClNO. The summed E-state index contributed by atoms with van der Waals surface area (Å²) in [6.45, 7) is 6.60.